The summed E-state index contributed by atoms with van der Waals surface area (Å²) >= 11 is 0. The molecule has 7 nitrogen and oxygen atoms in total. The lowest BCUT2D eigenvalue weighted by atomic mass is 10.2. The lowest BCUT2D eigenvalue weighted by molar-refractivity contribution is 0.0510. The molecule has 2 aromatic rings. The zero-order valence-electron chi connectivity index (χ0n) is 18.8. The Bertz CT molecular complexity index is 868. The van der Waals surface area contributed by atoms with E-state index in [4.69, 9.17) is 9.15 Å². The number of nitrogens with zero attached hydrogens (tertiary/aromatic N) is 4. The molecule has 7 heteroatoms. The van der Waals surface area contributed by atoms with E-state index in [9.17, 15) is 4.79 Å². The number of carbonyl (C=O) groups is 1. The molecule has 3 heterocycles. The Morgan fingerprint density at radius 3 is 2.44 bits per heavy atom. The van der Waals surface area contributed by atoms with Gasteiger partial charge >= 0.3 is 0 Å². The molecule has 1 aliphatic carbocycles. The maximum atomic E-state index is 13.1. The Morgan fingerprint density at radius 2 is 1.75 bits per heavy atom. The van der Waals surface area contributed by atoms with Crippen molar-refractivity contribution in [3.63, 3.8) is 0 Å². The third kappa shape index (κ3) is 5.77. The molecule has 1 amide bonds. The summed E-state index contributed by atoms with van der Waals surface area (Å²) in [6.07, 6.45) is 6.26. The number of amides is 1. The first-order valence-electron chi connectivity index (χ1n) is 12.1. The highest BCUT2D eigenvalue weighted by Crippen LogP contribution is 2.30. The standard InChI is InChI=1S/C25H34N4O3/c30-25(29(16-21-8-9-21)17-22-7-4-14-31-22)23-19-32-24(26-23)18-28-12-10-27(11-13-28)15-20-5-2-1-3-6-20/h1-3,5-6,19,21-22H,4,7-18H2. The summed E-state index contributed by atoms with van der Waals surface area (Å²) in [4.78, 5) is 24.5. The molecule has 2 aliphatic heterocycles. The fourth-order valence-electron chi connectivity index (χ4n) is 4.67. The molecule has 5 rings (SSSR count). The van der Waals surface area contributed by atoms with E-state index in [0.717, 1.165) is 58.7 Å². The second-order valence-electron chi connectivity index (χ2n) is 9.45. The van der Waals surface area contributed by atoms with Crippen molar-refractivity contribution in [1.82, 2.24) is 19.7 Å². The number of hydrogen-bond donors (Lipinski definition) is 0. The second-order valence-corrected chi connectivity index (χ2v) is 9.45. The fourth-order valence-corrected chi connectivity index (χ4v) is 4.67. The highest BCUT2D eigenvalue weighted by Gasteiger charge is 2.31. The number of oxazole rings is 1. The van der Waals surface area contributed by atoms with Gasteiger partial charge in [-0.2, -0.15) is 0 Å². The maximum Gasteiger partial charge on any atom is 0.275 e. The van der Waals surface area contributed by atoms with Crippen LogP contribution in [0.25, 0.3) is 0 Å². The first kappa shape index (κ1) is 21.6. The normalized spacial score (nSPS) is 22.3. The van der Waals surface area contributed by atoms with Gasteiger partial charge in [0.1, 0.15) is 6.26 Å². The molecule has 172 valence electrons. The van der Waals surface area contributed by atoms with Gasteiger partial charge in [-0.1, -0.05) is 30.3 Å². The highest BCUT2D eigenvalue weighted by molar-refractivity contribution is 5.92. The van der Waals surface area contributed by atoms with Gasteiger partial charge in [0, 0.05) is 52.4 Å². The van der Waals surface area contributed by atoms with Crippen LogP contribution >= 0.6 is 0 Å². The van der Waals surface area contributed by atoms with Crippen LogP contribution in [0.3, 0.4) is 0 Å². The molecule has 3 aliphatic rings. The molecule has 1 aromatic carbocycles. The van der Waals surface area contributed by atoms with Crippen molar-refractivity contribution in [3.8, 4) is 0 Å². The van der Waals surface area contributed by atoms with Crippen LogP contribution in [0.2, 0.25) is 0 Å². The Kier molecular flexibility index (Phi) is 6.86. The van der Waals surface area contributed by atoms with Gasteiger partial charge in [-0.05, 0) is 37.2 Å². The minimum atomic E-state index is -0.0184. The highest BCUT2D eigenvalue weighted by atomic mass is 16.5. The Morgan fingerprint density at radius 1 is 1.00 bits per heavy atom. The number of hydrogen-bond acceptors (Lipinski definition) is 6. The summed E-state index contributed by atoms with van der Waals surface area (Å²) in [7, 11) is 0. The van der Waals surface area contributed by atoms with Gasteiger partial charge < -0.3 is 14.1 Å². The SMILES string of the molecule is O=C(c1coc(CN2CCN(Cc3ccccc3)CC2)n1)N(CC1CC1)CC1CCCO1. The minimum Gasteiger partial charge on any atom is -0.447 e. The number of carbonyl (C=O) groups excluding carboxylic acids is 1. The number of piperazine rings is 1. The van der Waals surface area contributed by atoms with Gasteiger partial charge in [-0.3, -0.25) is 14.6 Å². The molecule has 0 spiro atoms. The summed E-state index contributed by atoms with van der Waals surface area (Å²) in [5, 5.41) is 0. The minimum absolute atomic E-state index is 0.0184. The Hall–Kier alpha value is -2.22. The number of ether oxygens (including phenoxy) is 1. The van der Waals surface area contributed by atoms with Crippen LogP contribution in [0.15, 0.2) is 41.0 Å². The zero-order valence-corrected chi connectivity index (χ0v) is 18.8. The first-order valence-corrected chi connectivity index (χ1v) is 12.1. The molecule has 32 heavy (non-hydrogen) atoms. The van der Waals surface area contributed by atoms with Crippen LogP contribution < -0.4 is 0 Å². The summed E-state index contributed by atoms with van der Waals surface area (Å²) in [5.74, 6) is 1.25. The average Bonchev–Trinajstić information content (AvgIpc) is 3.27. The average molecular weight is 439 g/mol. The summed E-state index contributed by atoms with van der Waals surface area (Å²) in [6, 6.07) is 10.6. The number of rotatable bonds is 9. The van der Waals surface area contributed by atoms with E-state index in [1.807, 2.05) is 4.90 Å². The van der Waals surface area contributed by atoms with E-state index in [2.05, 4.69) is 45.1 Å². The smallest absolute Gasteiger partial charge is 0.275 e. The summed E-state index contributed by atoms with van der Waals surface area (Å²) in [5.41, 5.74) is 1.79. The maximum absolute atomic E-state index is 13.1. The van der Waals surface area contributed by atoms with Crippen molar-refractivity contribution in [2.75, 3.05) is 45.9 Å². The van der Waals surface area contributed by atoms with Crippen molar-refractivity contribution in [2.24, 2.45) is 5.92 Å². The van der Waals surface area contributed by atoms with Gasteiger partial charge in [0.05, 0.1) is 12.6 Å². The van der Waals surface area contributed by atoms with Crippen molar-refractivity contribution in [1.29, 1.82) is 0 Å². The van der Waals surface area contributed by atoms with E-state index < -0.39 is 0 Å². The largest absolute Gasteiger partial charge is 0.447 e. The molecule has 1 unspecified atom stereocenters. The van der Waals surface area contributed by atoms with Crippen LogP contribution in [0.5, 0.6) is 0 Å². The summed E-state index contributed by atoms with van der Waals surface area (Å²) < 4.78 is 11.5. The van der Waals surface area contributed by atoms with Gasteiger partial charge in [0.15, 0.2) is 5.69 Å². The third-order valence-corrected chi connectivity index (χ3v) is 6.75. The first-order chi connectivity index (χ1) is 15.7. The van der Waals surface area contributed by atoms with Gasteiger partial charge in [0.2, 0.25) is 5.89 Å². The van der Waals surface area contributed by atoms with E-state index >= 15 is 0 Å². The predicted octanol–water partition coefficient (Wildman–Crippen LogP) is 3.02. The molecule has 3 fully saturated rings. The van der Waals surface area contributed by atoms with Crippen molar-refractivity contribution < 1.29 is 13.9 Å². The quantitative estimate of drug-likeness (QED) is 0.600. The lowest BCUT2D eigenvalue weighted by Gasteiger charge is -2.34. The lowest BCUT2D eigenvalue weighted by Crippen LogP contribution is -2.45. The molecule has 1 saturated carbocycles. The van der Waals surface area contributed by atoms with Crippen LogP contribution in [0.1, 0.15) is 47.6 Å². The molecular weight excluding hydrogens is 404 g/mol. The van der Waals surface area contributed by atoms with Crippen molar-refractivity contribution in [2.45, 2.75) is 44.9 Å². The molecule has 0 N–H and O–H groups in total. The van der Waals surface area contributed by atoms with Crippen LogP contribution in [0.4, 0.5) is 0 Å². The van der Waals surface area contributed by atoms with E-state index in [0.29, 0.717) is 30.6 Å². The van der Waals surface area contributed by atoms with Gasteiger partial charge in [0.25, 0.3) is 5.91 Å². The molecule has 1 atom stereocenters. The van der Waals surface area contributed by atoms with Crippen LogP contribution in [0, 0.1) is 5.92 Å². The topological polar surface area (TPSA) is 62.1 Å². The summed E-state index contributed by atoms with van der Waals surface area (Å²) in [6.45, 7) is 7.94. The second kappa shape index (κ2) is 10.1. The van der Waals surface area contributed by atoms with Crippen molar-refractivity contribution >= 4 is 5.91 Å². The van der Waals surface area contributed by atoms with Gasteiger partial charge in [-0.15, -0.1) is 0 Å². The molecule has 2 saturated heterocycles. The fraction of sp³-hybridized carbons (Fsp3) is 0.600. The number of benzene rings is 1. The Balaban J connectivity index is 1.12. The van der Waals surface area contributed by atoms with Crippen LogP contribution in [-0.4, -0.2) is 77.6 Å². The molecule has 1 aromatic heterocycles. The van der Waals surface area contributed by atoms with E-state index in [-0.39, 0.29) is 12.0 Å². The monoisotopic (exact) mass is 438 g/mol. The predicted molar refractivity (Wildman–Crippen MR) is 121 cm³/mol. The molecule has 0 bridgehead atoms. The third-order valence-electron chi connectivity index (χ3n) is 6.75. The number of aromatic nitrogens is 1. The van der Waals surface area contributed by atoms with E-state index in [1.165, 1.54) is 18.4 Å². The van der Waals surface area contributed by atoms with Gasteiger partial charge in [-0.25, -0.2) is 4.98 Å². The molecular formula is C25H34N4O3. The zero-order chi connectivity index (χ0) is 21.8. The molecule has 0 radical (unpaired) electrons. The van der Waals surface area contributed by atoms with Crippen molar-refractivity contribution in [3.05, 3.63) is 53.7 Å². The van der Waals surface area contributed by atoms with E-state index in [1.54, 1.807) is 6.26 Å². The van der Waals surface area contributed by atoms with Crippen LogP contribution in [-0.2, 0) is 17.8 Å². The Labute approximate surface area is 190 Å².